The van der Waals surface area contributed by atoms with Crippen molar-refractivity contribution in [1.82, 2.24) is 0 Å². The van der Waals surface area contributed by atoms with Gasteiger partial charge in [-0.15, -0.1) is 0 Å². The molecule has 2 nitrogen and oxygen atoms in total. The first-order valence-electron chi connectivity index (χ1n) is 8.62. The number of rotatable bonds is 2. The molecular formula is C20H24BrNO. The molecule has 2 atom stereocenters. The maximum Gasteiger partial charge on any atom is 0.228 e. The van der Waals surface area contributed by atoms with Crippen molar-refractivity contribution in [2.75, 3.05) is 5.32 Å². The number of benzene rings is 1. The van der Waals surface area contributed by atoms with Crippen LogP contribution < -0.4 is 5.32 Å². The Bertz CT molecular complexity index is 583. The lowest BCUT2D eigenvalue weighted by atomic mass is 10.1. The molecule has 122 valence electrons. The van der Waals surface area contributed by atoms with Gasteiger partial charge in [0.05, 0.1) is 0 Å². The second-order valence-electron chi connectivity index (χ2n) is 6.53. The van der Waals surface area contributed by atoms with Gasteiger partial charge in [0.1, 0.15) is 0 Å². The highest BCUT2D eigenvalue weighted by Gasteiger charge is 2.52. The van der Waals surface area contributed by atoms with E-state index in [1.54, 1.807) is 0 Å². The second-order valence-corrected chi connectivity index (χ2v) is 7.44. The minimum absolute atomic E-state index is 0.191. The van der Waals surface area contributed by atoms with Gasteiger partial charge >= 0.3 is 0 Å². The summed E-state index contributed by atoms with van der Waals surface area (Å²) < 4.78 is 0.993. The van der Waals surface area contributed by atoms with Crippen molar-refractivity contribution in [1.29, 1.82) is 0 Å². The van der Waals surface area contributed by atoms with Crippen LogP contribution in [0.3, 0.4) is 0 Å². The van der Waals surface area contributed by atoms with Crippen LogP contribution in [0, 0.1) is 17.8 Å². The molecule has 2 aliphatic carbocycles. The van der Waals surface area contributed by atoms with Gasteiger partial charge in [0, 0.05) is 16.1 Å². The predicted octanol–water partition coefficient (Wildman–Crippen LogP) is 5.72. The molecule has 1 amide bonds. The maximum atomic E-state index is 12.6. The zero-order valence-corrected chi connectivity index (χ0v) is 15.0. The van der Waals surface area contributed by atoms with Gasteiger partial charge in [-0.1, -0.05) is 46.3 Å². The Kier molecular flexibility index (Phi) is 5.71. The molecule has 0 saturated heterocycles. The lowest BCUT2D eigenvalue weighted by Crippen LogP contribution is -2.15. The van der Waals surface area contributed by atoms with Crippen molar-refractivity contribution in [3.8, 4) is 0 Å². The Morgan fingerprint density at radius 1 is 0.957 bits per heavy atom. The predicted molar refractivity (Wildman–Crippen MR) is 99.2 cm³/mol. The van der Waals surface area contributed by atoms with Crippen LogP contribution in [0.5, 0.6) is 0 Å². The Labute approximate surface area is 147 Å². The molecular weight excluding hydrogens is 350 g/mol. The van der Waals surface area contributed by atoms with Crippen molar-refractivity contribution < 1.29 is 4.79 Å². The van der Waals surface area contributed by atoms with E-state index in [0.29, 0.717) is 11.8 Å². The molecule has 3 heteroatoms. The van der Waals surface area contributed by atoms with Gasteiger partial charge in [-0.2, -0.15) is 0 Å². The van der Waals surface area contributed by atoms with Crippen LogP contribution in [0.2, 0.25) is 0 Å². The van der Waals surface area contributed by atoms with Gasteiger partial charge in [0.15, 0.2) is 0 Å². The minimum atomic E-state index is 0.191. The van der Waals surface area contributed by atoms with Crippen LogP contribution >= 0.6 is 15.9 Å². The highest BCUT2D eigenvalue weighted by Crippen LogP contribution is 2.52. The molecule has 0 bridgehead atoms. The molecule has 2 aliphatic rings. The Morgan fingerprint density at radius 2 is 1.57 bits per heavy atom. The number of halogens is 1. The van der Waals surface area contributed by atoms with E-state index < -0.39 is 0 Å². The molecule has 0 spiro atoms. The first kappa shape index (κ1) is 16.5. The summed E-state index contributed by atoms with van der Waals surface area (Å²) in [5.41, 5.74) is 0.881. The van der Waals surface area contributed by atoms with E-state index in [1.165, 1.54) is 0 Å². The fraction of sp³-hybridized carbons (Fsp3) is 0.450. The lowest BCUT2D eigenvalue weighted by Gasteiger charge is -2.05. The SMILES string of the molecule is O=C(Nc1cccc(Br)c1)C1C2CC/C=C\CC/C=C\CCC21. The van der Waals surface area contributed by atoms with Gasteiger partial charge in [-0.25, -0.2) is 0 Å². The highest BCUT2D eigenvalue weighted by atomic mass is 79.9. The summed E-state index contributed by atoms with van der Waals surface area (Å²) in [5.74, 6) is 1.50. The van der Waals surface area contributed by atoms with Crippen molar-refractivity contribution in [2.45, 2.75) is 38.5 Å². The first-order valence-corrected chi connectivity index (χ1v) is 9.41. The molecule has 1 saturated carbocycles. The topological polar surface area (TPSA) is 29.1 Å². The molecule has 0 aromatic heterocycles. The third-order valence-corrected chi connectivity index (χ3v) is 5.39. The summed E-state index contributed by atoms with van der Waals surface area (Å²) in [6.07, 6.45) is 15.9. The van der Waals surface area contributed by atoms with Gasteiger partial charge in [-0.05, 0) is 68.6 Å². The van der Waals surface area contributed by atoms with Crippen molar-refractivity contribution >= 4 is 27.5 Å². The molecule has 23 heavy (non-hydrogen) atoms. The number of carbonyl (C=O) groups is 1. The third kappa shape index (κ3) is 4.57. The third-order valence-electron chi connectivity index (χ3n) is 4.89. The molecule has 0 radical (unpaired) electrons. The van der Waals surface area contributed by atoms with Crippen LogP contribution in [0.4, 0.5) is 5.69 Å². The quantitative estimate of drug-likeness (QED) is 0.660. The Balaban J connectivity index is 1.61. The molecule has 0 heterocycles. The Morgan fingerprint density at radius 3 is 2.17 bits per heavy atom. The van der Waals surface area contributed by atoms with E-state index >= 15 is 0 Å². The highest BCUT2D eigenvalue weighted by molar-refractivity contribution is 9.10. The van der Waals surface area contributed by atoms with Gasteiger partial charge in [0.2, 0.25) is 5.91 Å². The van der Waals surface area contributed by atoms with Crippen molar-refractivity contribution in [3.63, 3.8) is 0 Å². The number of hydrogen-bond acceptors (Lipinski definition) is 1. The monoisotopic (exact) mass is 373 g/mol. The number of carbonyl (C=O) groups excluding carboxylic acids is 1. The lowest BCUT2D eigenvalue weighted by molar-refractivity contribution is -0.117. The van der Waals surface area contributed by atoms with Gasteiger partial charge in [0.25, 0.3) is 0 Å². The number of fused-ring (bicyclic) bond motifs is 1. The number of anilines is 1. The largest absolute Gasteiger partial charge is 0.326 e. The molecule has 1 fully saturated rings. The summed E-state index contributed by atoms with van der Waals surface area (Å²) >= 11 is 3.45. The van der Waals surface area contributed by atoms with Crippen LogP contribution in [0.15, 0.2) is 53.0 Å². The Hall–Kier alpha value is -1.35. The summed E-state index contributed by atoms with van der Waals surface area (Å²) in [7, 11) is 0. The van der Waals surface area contributed by atoms with Crippen LogP contribution in [0.1, 0.15) is 38.5 Å². The summed E-state index contributed by atoms with van der Waals surface area (Å²) in [5, 5.41) is 3.09. The van der Waals surface area contributed by atoms with Gasteiger partial charge < -0.3 is 5.32 Å². The first-order chi connectivity index (χ1) is 11.3. The molecule has 3 rings (SSSR count). The average molecular weight is 374 g/mol. The molecule has 2 unspecified atom stereocenters. The number of nitrogens with one attached hydrogen (secondary N) is 1. The average Bonchev–Trinajstić information content (AvgIpc) is 3.20. The van der Waals surface area contributed by atoms with E-state index in [0.717, 1.165) is 48.7 Å². The zero-order chi connectivity index (χ0) is 16.1. The van der Waals surface area contributed by atoms with E-state index in [1.807, 2.05) is 24.3 Å². The van der Waals surface area contributed by atoms with Crippen molar-refractivity contribution in [3.05, 3.63) is 53.0 Å². The summed E-state index contributed by atoms with van der Waals surface area (Å²) in [6, 6.07) is 7.83. The van der Waals surface area contributed by atoms with E-state index in [2.05, 4.69) is 45.6 Å². The van der Waals surface area contributed by atoms with Crippen LogP contribution in [-0.4, -0.2) is 5.91 Å². The molecule has 0 aliphatic heterocycles. The fourth-order valence-corrected chi connectivity index (χ4v) is 4.05. The number of allylic oxidation sites excluding steroid dienone is 4. The van der Waals surface area contributed by atoms with Crippen LogP contribution in [0.25, 0.3) is 0 Å². The zero-order valence-electron chi connectivity index (χ0n) is 13.4. The fourth-order valence-electron chi connectivity index (χ4n) is 3.65. The number of hydrogen-bond donors (Lipinski definition) is 1. The summed E-state index contributed by atoms with van der Waals surface area (Å²) in [4.78, 5) is 12.6. The van der Waals surface area contributed by atoms with Gasteiger partial charge in [-0.3, -0.25) is 4.79 Å². The van der Waals surface area contributed by atoms with Crippen LogP contribution in [-0.2, 0) is 4.79 Å². The summed E-state index contributed by atoms with van der Waals surface area (Å²) in [6.45, 7) is 0. The molecule has 1 N–H and O–H groups in total. The van der Waals surface area contributed by atoms with Crippen molar-refractivity contribution in [2.24, 2.45) is 17.8 Å². The minimum Gasteiger partial charge on any atom is -0.326 e. The maximum absolute atomic E-state index is 12.6. The molecule has 1 aromatic rings. The normalized spacial score (nSPS) is 30.2. The second kappa shape index (κ2) is 7.96. The van der Waals surface area contributed by atoms with E-state index in [-0.39, 0.29) is 11.8 Å². The van der Waals surface area contributed by atoms with E-state index in [9.17, 15) is 4.79 Å². The molecule has 1 aromatic carbocycles. The standard InChI is InChI=1S/C20H24BrNO/c21-15-10-9-11-16(14-15)22-20(23)19-17-12-7-5-3-1-2-4-6-8-13-18(17)19/h3-6,9-11,14,17-19H,1-2,7-8,12-13H2,(H,22,23)/b5-3-,6-4-. The smallest absolute Gasteiger partial charge is 0.228 e. The van der Waals surface area contributed by atoms with E-state index in [4.69, 9.17) is 0 Å². The number of amides is 1.